The van der Waals surface area contributed by atoms with Crippen molar-refractivity contribution in [3.63, 3.8) is 0 Å². The van der Waals surface area contributed by atoms with Gasteiger partial charge >= 0.3 is 0 Å². The summed E-state index contributed by atoms with van der Waals surface area (Å²) < 4.78 is 0. The molecule has 0 aromatic heterocycles. The van der Waals surface area contributed by atoms with Crippen LogP contribution in [0, 0.1) is 0 Å². The van der Waals surface area contributed by atoms with Crippen molar-refractivity contribution >= 4 is 5.91 Å². The third-order valence-electron chi connectivity index (χ3n) is 2.14. The third-order valence-corrected chi connectivity index (χ3v) is 2.14. The lowest BCUT2D eigenvalue weighted by Gasteiger charge is -2.29. The molecule has 0 rings (SSSR count). The normalized spacial score (nSPS) is 15.4. The highest BCUT2D eigenvalue weighted by Gasteiger charge is 2.20. The summed E-state index contributed by atoms with van der Waals surface area (Å²) in [5, 5.41) is 9.37. The van der Waals surface area contributed by atoms with Crippen LogP contribution in [0.15, 0.2) is 0 Å². The van der Waals surface area contributed by atoms with Crippen molar-refractivity contribution in [2.24, 2.45) is 0 Å². The first-order valence-corrected chi connectivity index (χ1v) is 4.42. The summed E-state index contributed by atoms with van der Waals surface area (Å²) in [7, 11) is 1.73. The lowest BCUT2D eigenvalue weighted by atomic mass is 10.1. The first kappa shape index (κ1) is 11.4. The van der Waals surface area contributed by atoms with Gasteiger partial charge < -0.3 is 10.0 Å². The van der Waals surface area contributed by atoms with Crippen LogP contribution in [0.1, 0.15) is 33.6 Å². The molecule has 3 nitrogen and oxygen atoms in total. The highest BCUT2D eigenvalue weighted by molar-refractivity contribution is 5.73. The molecule has 1 amide bonds. The van der Waals surface area contributed by atoms with Gasteiger partial charge in [0, 0.05) is 14.0 Å². The van der Waals surface area contributed by atoms with Gasteiger partial charge in [-0.1, -0.05) is 13.3 Å². The van der Waals surface area contributed by atoms with Gasteiger partial charge in [0.1, 0.15) is 0 Å². The van der Waals surface area contributed by atoms with Crippen LogP contribution in [0.2, 0.25) is 0 Å². The number of hydrogen-bond donors (Lipinski definition) is 1. The maximum absolute atomic E-state index is 11.0. The molecule has 0 aromatic carbocycles. The summed E-state index contributed by atoms with van der Waals surface area (Å²) in [6.07, 6.45) is 1.39. The molecule has 0 radical (unpaired) electrons. The Morgan fingerprint density at radius 1 is 1.58 bits per heavy atom. The minimum absolute atomic E-state index is 0.00866. The zero-order chi connectivity index (χ0) is 9.72. The molecular weight excluding hydrogens is 154 g/mol. The minimum Gasteiger partial charge on any atom is -0.391 e. The summed E-state index contributed by atoms with van der Waals surface area (Å²) in [5.41, 5.74) is 0. The van der Waals surface area contributed by atoms with Gasteiger partial charge in [-0.3, -0.25) is 4.79 Å². The minimum atomic E-state index is -0.446. The number of aliphatic hydroxyl groups is 1. The number of rotatable bonds is 4. The van der Waals surface area contributed by atoms with Crippen LogP contribution in [0.5, 0.6) is 0 Å². The van der Waals surface area contributed by atoms with E-state index in [1.165, 1.54) is 6.92 Å². The van der Waals surface area contributed by atoms with E-state index < -0.39 is 6.10 Å². The van der Waals surface area contributed by atoms with Gasteiger partial charge in [0.2, 0.25) is 5.91 Å². The Morgan fingerprint density at radius 3 is 2.33 bits per heavy atom. The average molecular weight is 173 g/mol. The van der Waals surface area contributed by atoms with E-state index in [9.17, 15) is 9.90 Å². The molecule has 0 fully saturated rings. The zero-order valence-electron chi connectivity index (χ0n) is 8.37. The second-order valence-electron chi connectivity index (χ2n) is 3.23. The molecule has 0 aliphatic carbocycles. The standard InChI is InChI=1S/C9H19NO2/c1-5-6-9(7(2)11)10(4)8(3)12/h7,9,11H,5-6H2,1-4H3. The molecule has 3 heteroatoms. The predicted octanol–water partition coefficient (Wildman–Crippen LogP) is 1.01. The Bertz CT molecular complexity index is 145. The summed E-state index contributed by atoms with van der Waals surface area (Å²) in [4.78, 5) is 12.6. The summed E-state index contributed by atoms with van der Waals surface area (Å²) in [5.74, 6) is 0.00866. The molecule has 2 unspecified atom stereocenters. The maximum Gasteiger partial charge on any atom is 0.219 e. The smallest absolute Gasteiger partial charge is 0.219 e. The molecule has 0 saturated carbocycles. The van der Waals surface area contributed by atoms with Crippen LogP contribution >= 0.6 is 0 Å². The molecule has 0 spiro atoms. The topological polar surface area (TPSA) is 40.5 Å². The van der Waals surface area contributed by atoms with E-state index in [2.05, 4.69) is 0 Å². The number of aliphatic hydroxyl groups excluding tert-OH is 1. The largest absolute Gasteiger partial charge is 0.391 e. The Kier molecular flexibility index (Phi) is 4.90. The summed E-state index contributed by atoms with van der Waals surface area (Å²) >= 11 is 0. The van der Waals surface area contributed by atoms with Crippen molar-refractivity contribution in [3.8, 4) is 0 Å². The molecule has 0 bridgehead atoms. The van der Waals surface area contributed by atoms with Crippen LogP contribution in [0.3, 0.4) is 0 Å². The molecule has 2 atom stereocenters. The predicted molar refractivity (Wildman–Crippen MR) is 48.8 cm³/mol. The van der Waals surface area contributed by atoms with Gasteiger partial charge in [0.25, 0.3) is 0 Å². The van der Waals surface area contributed by atoms with Gasteiger partial charge in [-0.15, -0.1) is 0 Å². The number of nitrogens with zero attached hydrogens (tertiary/aromatic N) is 1. The van der Waals surface area contributed by atoms with Crippen LogP contribution in [-0.4, -0.2) is 35.1 Å². The van der Waals surface area contributed by atoms with Crippen LogP contribution in [0.25, 0.3) is 0 Å². The molecule has 0 heterocycles. The number of carbonyl (C=O) groups is 1. The quantitative estimate of drug-likeness (QED) is 0.689. The second kappa shape index (κ2) is 5.14. The van der Waals surface area contributed by atoms with Gasteiger partial charge in [0.15, 0.2) is 0 Å². The lowest BCUT2D eigenvalue weighted by molar-refractivity contribution is -0.131. The highest BCUT2D eigenvalue weighted by Crippen LogP contribution is 2.09. The van der Waals surface area contributed by atoms with E-state index in [4.69, 9.17) is 0 Å². The third kappa shape index (κ3) is 3.22. The van der Waals surface area contributed by atoms with Gasteiger partial charge in [0.05, 0.1) is 12.1 Å². The average Bonchev–Trinajstić information content (AvgIpc) is 1.98. The van der Waals surface area contributed by atoms with Gasteiger partial charge in [-0.2, -0.15) is 0 Å². The van der Waals surface area contributed by atoms with E-state index in [1.54, 1.807) is 18.9 Å². The monoisotopic (exact) mass is 173 g/mol. The van der Waals surface area contributed by atoms with Crippen molar-refractivity contribution in [1.29, 1.82) is 0 Å². The van der Waals surface area contributed by atoms with Crippen molar-refractivity contribution in [3.05, 3.63) is 0 Å². The van der Waals surface area contributed by atoms with Crippen molar-refractivity contribution in [2.45, 2.75) is 45.8 Å². The molecule has 12 heavy (non-hydrogen) atoms. The molecule has 0 aliphatic heterocycles. The molecular formula is C9H19NO2. The molecule has 0 aliphatic rings. The molecule has 0 saturated heterocycles. The Morgan fingerprint density at radius 2 is 2.08 bits per heavy atom. The van der Waals surface area contributed by atoms with E-state index in [-0.39, 0.29) is 11.9 Å². The van der Waals surface area contributed by atoms with E-state index in [0.29, 0.717) is 0 Å². The molecule has 72 valence electrons. The Hall–Kier alpha value is -0.570. The summed E-state index contributed by atoms with van der Waals surface area (Å²) in [6, 6.07) is -0.0347. The van der Waals surface area contributed by atoms with Crippen molar-refractivity contribution in [1.82, 2.24) is 4.90 Å². The van der Waals surface area contributed by atoms with Gasteiger partial charge in [-0.05, 0) is 13.3 Å². The van der Waals surface area contributed by atoms with E-state index in [0.717, 1.165) is 12.8 Å². The SMILES string of the molecule is CCCC(C(C)O)N(C)C(C)=O. The number of amides is 1. The van der Waals surface area contributed by atoms with Crippen molar-refractivity contribution < 1.29 is 9.90 Å². The molecule has 1 N–H and O–H groups in total. The fourth-order valence-electron chi connectivity index (χ4n) is 1.29. The lowest BCUT2D eigenvalue weighted by Crippen LogP contribution is -2.42. The van der Waals surface area contributed by atoms with Crippen LogP contribution in [0.4, 0.5) is 0 Å². The zero-order valence-corrected chi connectivity index (χ0v) is 8.37. The van der Waals surface area contributed by atoms with E-state index >= 15 is 0 Å². The van der Waals surface area contributed by atoms with Crippen LogP contribution < -0.4 is 0 Å². The fourth-order valence-corrected chi connectivity index (χ4v) is 1.29. The Balaban J connectivity index is 4.18. The first-order valence-electron chi connectivity index (χ1n) is 4.42. The maximum atomic E-state index is 11.0. The number of carbonyl (C=O) groups excluding carboxylic acids is 1. The van der Waals surface area contributed by atoms with Gasteiger partial charge in [-0.25, -0.2) is 0 Å². The second-order valence-corrected chi connectivity index (χ2v) is 3.23. The highest BCUT2D eigenvalue weighted by atomic mass is 16.3. The van der Waals surface area contributed by atoms with Crippen LogP contribution in [-0.2, 0) is 4.79 Å². The number of hydrogen-bond acceptors (Lipinski definition) is 2. The first-order chi connectivity index (χ1) is 5.50. The Labute approximate surface area is 74.4 Å². The summed E-state index contributed by atoms with van der Waals surface area (Å²) in [6.45, 7) is 5.29. The molecule has 0 aromatic rings. The fraction of sp³-hybridized carbons (Fsp3) is 0.889. The van der Waals surface area contributed by atoms with E-state index in [1.807, 2.05) is 6.92 Å². The number of likely N-dealkylation sites (N-methyl/N-ethyl adjacent to an activating group) is 1. The van der Waals surface area contributed by atoms with Crippen molar-refractivity contribution in [2.75, 3.05) is 7.05 Å².